The van der Waals surface area contributed by atoms with E-state index in [1.54, 1.807) is 0 Å². The summed E-state index contributed by atoms with van der Waals surface area (Å²) in [5, 5.41) is 6.58. The summed E-state index contributed by atoms with van der Waals surface area (Å²) >= 11 is 0. The number of amides is 1. The molecule has 6 heteroatoms. The van der Waals surface area contributed by atoms with E-state index in [-0.39, 0.29) is 17.7 Å². The fraction of sp³-hybridized carbons (Fsp3) is 0.256. The molecule has 0 fully saturated rings. The lowest BCUT2D eigenvalue weighted by molar-refractivity contribution is -0.116. The van der Waals surface area contributed by atoms with Crippen molar-refractivity contribution in [3.8, 4) is 22.4 Å². The summed E-state index contributed by atoms with van der Waals surface area (Å²) in [6.45, 7) is 1.94. The SMILES string of the molecule is CN(C)CCCCNc1ncc2c(n1)-c1ccccc1C(c1ccc(NC(=O)CC3c4ccccc4-c4ccccc43)cc1)C2. The fourth-order valence-corrected chi connectivity index (χ4v) is 6.95. The lowest BCUT2D eigenvalue weighted by Gasteiger charge is -2.27. The van der Waals surface area contributed by atoms with Crippen LogP contribution in [0.25, 0.3) is 22.4 Å². The quantitative estimate of drug-likeness (QED) is 0.162. The van der Waals surface area contributed by atoms with Gasteiger partial charge in [-0.05, 0) is 91.0 Å². The number of nitrogens with one attached hydrogen (secondary N) is 2. The van der Waals surface area contributed by atoms with E-state index in [9.17, 15) is 4.79 Å². The van der Waals surface area contributed by atoms with Crippen molar-refractivity contribution < 1.29 is 4.79 Å². The lowest BCUT2D eigenvalue weighted by atomic mass is 9.78. The van der Waals surface area contributed by atoms with Crippen LogP contribution in [0.3, 0.4) is 0 Å². The molecule has 0 saturated heterocycles. The van der Waals surface area contributed by atoms with Crippen molar-refractivity contribution in [1.29, 1.82) is 0 Å². The van der Waals surface area contributed by atoms with Crippen LogP contribution >= 0.6 is 0 Å². The molecule has 1 heterocycles. The van der Waals surface area contributed by atoms with Gasteiger partial charge in [0.2, 0.25) is 11.9 Å². The fourth-order valence-electron chi connectivity index (χ4n) is 6.95. The van der Waals surface area contributed by atoms with Crippen LogP contribution in [0.4, 0.5) is 11.6 Å². The molecule has 0 spiro atoms. The van der Waals surface area contributed by atoms with Crippen LogP contribution in [0.5, 0.6) is 0 Å². The molecule has 2 aliphatic carbocycles. The van der Waals surface area contributed by atoms with Crippen molar-refractivity contribution in [1.82, 2.24) is 14.9 Å². The van der Waals surface area contributed by atoms with Crippen molar-refractivity contribution in [2.75, 3.05) is 37.8 Å². The Bertz CT molecular complexity index is 1780. The molecule has 7 rings (SSSR count). The second-order valence-corrected chi connectivity index (χ2v) is 12.4. The van der Waals surface area contributed by atoms with Gasteiger partial charge >= 0.3 is 0 Å². The Balaban J connectivity index is 1.04. The molecular formula is C39H39N5O. The number of nitrogens with zero attached hydrogens (tertiary/aromatic N) is 3. The van der Waals surface area contributed by atoms with Crippen LogP contribution in [-0.2, 0) is 11.2 Å². The highest BCUT2D eigenvalue weighted by Gasteiger charge is 2.30. The minimum Gasteiger partial charge on any atom is -0.354 e. The molecule has 4 aromatic carbocycles. The van der Waals surface area contributed by atoms with E-state index in [0.717, 1.165) is 54.9 Å². The highest BCUT2D eigenvalue weighted by atomic mass is 16.1. The lowest BCUT2D eigenvalue weighted by Crippen LogP contribution is -2.17. The zero-order valence-electron chi connectivity index (χ0n) is 26.0. The molecule has 1 atom stereocenters. The molecule has 2 aliphatic rings. The maximum atomic E-state index is 13.3. The molecule has 0 bridgehead atoms. The largest absolute Gasteiger partial charge is 0.354 e. The topological polar surface area (TPSA) is 70.2 Å². The van der Waals surface area contributed by atoms with Gasteiger partial charge in [0.05, 0.1) is 5.69 Å². The highest BCUT2D eigenvalue weighted by Crippen LogP contribution is 2.46. The maximum absolute atomic E-state index is 13.3. The summed E-state index contributed by atoms with van der Waals surface area (Å²) in [6.07, 6.45) is 5.45. The first-order chi connectivity index (χ1) is 22.0. The van der Waals surface area contributed by atoms with Gasteiger partial charge in [0.15, 0.2) is 0 Å². The van der Waals surface area contributed by atoms with Gasteiger partial charge in [-0.15, -0.1) is 0 Å². The minimum atomic E-state index is 0.0236. The monoisotopic (exact) mass is 593 g/mol. The van der Waals surface area contributed by atoms with Crippen molar-refractivity contribution in [3.63, 3.8) is 0 Å². The van der Waals surface area contributed by atoms with E-state index < -0.39 is 0 Å². The summed E-state index contributed by atoms with van der Waals surface area (Å²) in [7, 11) is 4.21. The average molecular weight is 594 g/mol. The van der Waals surface area contributed by atoms with Crippen LogP contribution in [0.15, 0.2) is 103 Å². The van der Waals surface area contributed by atoms with Crippen molar-refractivity contribution in [3.05, 3.63) is 131 Å². The van der Waals surface area contributed by atoms with Crippen molar-refractivity contribution in [2.24, 2.45) is 0 Å². The van der Waals surface area contributed by atoms with Gasteiger partial charge in [-0.3, -0.25) is 4.79 Å². The van der Waals surface area contributed by atoms with Gasteiger partial charge in [-0.2, -0.15) is 0 Å². The van der Waals surface area contributed by atoms with E-state index in [1.165, 1.54) is 33.4 Å². The first-order valence-corrected chi connectivity index (χ1v) is 16.0. The van der Waals surface area contributed by atoms with Gasteiger partial charge < -0.3 is 15.5 Å². The number of benzene rings is 4. The van der Waals surface area contributed by atoms with Crippen LogP contribution in [-0.4, -0.2) is 48.0 Å². The third-order valence-corrected chi connectivity index (χ3v) is 9.14. The molecular weight excluding hydrogens is 554 g/mol. The number of hydrogen-bond acceptors (Lipinski definition) is 5. The first-order valence-electron chi connectivity index (χ1n) is 16.0. The number of aromatic nitrogens is 2. The average Bonchev–Trinajstić information content (AvgIpc) is 3.37. The van der Waals surface area contributed by atoms with E-state index in [4.69, 9.17) is 4.98 Å². The zero-order chi connectivity index (χ0) is 30.8. The summed E-state index contributed by atoms with van der Waals surface area (Å²) in [4.78, 5) is 25.1. The smallest absolute Gasteiger partial charge is 0.225 e. The predicted molar refractivity (Wildman–Crippen MR) is 183 cm³/mol. The molecule has 45 heavy (non-hydrogen) atoms. The minimum absolute atomic E-state index is 0.0236. The molecule has 0 radical (unpaired) electrons. The van der Waals surface area contributed by atoms with Gasteiger partial charge in [0.1, 0.15) is 0 Å². The van der Waals surface area contributed by atoms with E-state index >= 15 is 0 Å². The highest BCUT2D eigenvalue weighted by molar-refractivity contribution is 5.93. The summed E-state index contributed by atoms with van der Waals surface area (Å²) in [6, 6.07) is 33.8. The molecule has 5 aromatic rings. The molecule has 0 saturated carbocycles. The van der Waals surface area contributed by atoms with Gasteiger partial charge in [-0.25, -0.2) is 9.97 Å². The molecule has 6 nitrogen and oxygen atoms in total. The van der Waals surface area contributed by atoms with Gasteiger partial charge in [0, 0.05) is 42.2 Å². The molecule has 1 amide bonds. The van der Waals surface area contributed by atoms with Crippen LogP contribution in [0, 0.1) is 0 Å². The Labute approximate surface area is 265 Å². The Morgan fingerprint density at radius 1 is 0.800 bits per heavy atom. The molecule has 0 aliphatic heterocycles. The standard InChI is InChI=1S/C39H39N5O/c1-44(2)22-10-9-21-40-39-41-25-27-23-35(33-15-7-8-16-34(33)38(27)43-39)26-17-19-28(20-18-26)42-37(45)24-36-31-13-5-3-11-29(31)30-12-4-6-14-32(30)36/h3-8,11-20,25,35-36H,9-10,21-24H2,1-2H3,(H,42,45)(H,40,41,43). The van der Waals surface area contributed by atoms with Crippen molar-refractivity contribution in [2.45, 2.75) is 37.5 Å². The Hall–Kier alpha value is -4.81. The second-order valence-electron chi connectivity index (χ2n) is 12.4. The van der Waals surface area contributed by atoms with Crippen LogP contribution in [0.1, 0.15) is 58.9 Å². The third kappa shape index (κ3) is 5.98. The summed E-state index contributed by atoms with van der Waals surface area (Å²) in [5.41, 5.74) is 11.6. The Kier molecular flexibility index (Phi) is 8.14. The summed E-state index contributed by atoms with van der Waals surface area (Å²) < 4.78 is 0. The third-order valence-electron chi connectivity index (χ3n) is 9.14. The molecule has 226 valence electrons. The molecule has 1 aromatic heterocycles. The first kappa shape index (κ1) is 28.9. The van der Waals surface area contributed by atoms with Crippen molar-refractivity contribution >= 4 is 17.5 Å². The number of carbonyl (C=O) groups excluding carboxylic acids is 1. The summed E-state index contributed by atoms with van der Waals surface area (Å²) in [5.74, 6) is 0.974. The number of rotatable bonds is 10. The van der Waals surface area contributed by atoms with Gasteiger partial charge in [-0.1, -0.05) is 84.9 Å². The van der Waals surface area contributed by atoms with E-state index in [0.29, 0.717) is 12.4 Å². The zero-order valence-corrected chi connectivity index (χ0v) is 26.0. The Morgan fingerprint density at radius 3 is 2.13 bits per heavy atom. The van der Waals surface area contributed by atoms with Crippen LogP contribution < -0.4 is 10.6 Å². The number of fused-ring (bicyclic) bond motifs is 6. The predicted octanol–water partition coefficient (Wildman–Crippen LogP) is 7.73. The molecule has 1 unspecified atom stereocenters. The van der Waals surface area contributed by atoms with E-state index in [2.05, 4.69) is 120 Å². The maximum Gasteiger partial charge on any atom is 0.225 e. The number of anilines is 2. The molecule has 2 N–H and O–H groups in total. The number of hydrogen-bond donors (Lipinski definition) is 2. The normalized spacial score (nSPS) is 14.8. The Morgan fingerprint density at radius 2 is 1.44 bits per heavy atom. The van der Waals surface area contributed by atoms with Gasteiger partial charge in [0.25, 0.3) is 0 Å². The van der Waals surface area contributed by atoms with Crippen LogP contribution in [0.2, 0.25) is 0 Å². The number of carbonyl (C=O) groups is 1. The van der Waals surface area contributed by atoms with E-state index in [1.807, 2.05) is 18.3 Å². The second kappa shape index (κ2) is 12.7. The number of unbranched alkanes of at least 4 members (excludes halogenated alkanes) is 1.